The first-order valence-electron chi connectivity index (χ1n) is 14.3. The fraction of sp³-hybridized carbons (Fsp3) is 0.433. The normalized spacial score (nSPS) is 22.8. The van der Waals surface area contributed by atoms with Gasteiger partial charge in [0.1, 0.15) is 13.2 Å². The van der Waals surface area contributed by atoms with Crippen LogP contribution in [0.1, 0.15) is 30.9 Å². The molecule has 13 heteroatoms. The first kappa shape index (κ1) is 29.4. The number of rotatable bonds is 8. The molecule has 1 aromatic heterocycles. The maximum atomic E-state index is 12.7. The molecule has 226 valence electrons. The minimum atomic E-state index is -3.72. The standard InChI is InChI=1S/C30H33ClN6O5S/c1-3-43(38,39)37-16-15-36(17-21(37)12-13-32)28-27-29(34-30(33-28)41-18-22-9-6-14-35(22)2)42-25(19-40-27)23-10-4-7-20-8-5-11-24(31)26(20)23/h3-5,7-8,10-11,21-22,25H,1,6,9,12,14-19H2,2H3. The Hall–Kier alpha value is -3.63. The molecule has 0 amide bonds. The molecular weight excluding hydrogens is 592 g/mol. The van der Waals surface area contributed by atoms with E-state index in [0.717, 1.165) is 41.1 Å². The zero-order chi connectivity index (χ0) is 30.1. The summed E-state index contributed by atoms with van der Waals surface area (Å²) in [5, 5.41) is 12.9. The van der Waals surface area contributed by atoms with Crippen LogP contribution in [-0.2, 0) is 10.0 Å². The van der Waals surface area contributed by atoms with E-state index < -0.39 is 22.2 Å². The van der Waals surface area contributed by atoms with Crippen molar-refractivity contribution in [3.8, 4) is 23.7 Å². The maximum Gasteiger partial charge on any atom is 0.322 e. The molecule has 2 aromatic carbocycles. The Bertz CT molecular complexity index is 1680. The fourth-order valence-electron chi connectivity index (χ4n) is 6.05. The van der Waals surface area contributed by atoms with Crippen LogP contribution >= 0.6 is 11.6 Å². The highest BCUT2D eigenvalue weighted by molar-refractivity contribution is 7.92. The Morgan fingerprint density at radius 2 is 2.00 bits per heavy atom. The number of anilines is 1. The summed E-state index contributed by atoms with van der Waals surface area (Å²) in [6, 6.07) is 13.6. The number of benzene rings is 2. The number of likely N-dealkylation sites (tertiary alicyclic amines) is 1. The van der Waals surface area contributed by atoms with Crippen molar-refractivity contribution in [2.45, 2.75) is 37.5 Å². The van der Waals surface area contributed by atoms with Gasteiger partial charge in [0.2, 0.25) is 15.8 Å². The van der Waals surface area contributed by atoms with Gasteiger partial charge in [0.15, 0.2) is 11.9 Å². The van der Waals surface area contributed by atoms with Gasteiger partial charge in [0.25, 0.3) is 5.88 Å². The zero-order valence-electron chi connectivity index (χ0n) is 23.9. The molecule has 0 radical (unpaired) electrons. The van der Waals surface area contributed by atoms with Crippen molar-refractivity contribution >= 4 is 38.2 Å². The number of nitrogens with zero attached hydrogens (tertiary/aromatic N) is 6. The van der Waals surface area contributed by atoms with Gasteiger partial charge < -0.3 is 24.0 Å². The van der Waals surface area contributed by atoms with E-state index in [-0.39, 0.29) is 44.0 Å². The molecule has 2 saturated heterocycles. The van der Waals surface area contributed by atoms with Crippen molar-refractivity contribution in [3.63, 3.8) is 0 Å². The third kappa shape index (κ3) is 5.82. The molecule has 0 aliphatic carbocycles. The van der Waals surface area contributed by atoms with E-state index in [1.807, 2.05) is 41.3 Å². The minimum absolute atomic E-state index is 0.00941. The van der Waals surface area contributed by atoms with Crippen LogP contribution in [0.5, 0.6) is 17.6 Å². The average molecular weight is 625 g/mol. The molecule has 3 aromatic rings. The van der Waals surface area contributed by atoms with Gasteiger partial charge in [-0.25, -0.2) is 8.42 Å². The fourth-order valence-corrected chi connectivity index (χ4v) is 7.43. The number of hydrogen-bond acceptors (Lipinski definition) is 10. The van der Waals surface area contributed by atoms with E-state index in [9.17, 15) is 13.7 Å². The Morgan fingerprint density at radius 3 is 2.74 bits per heavy atom. The minimum Gasteiger partial charge on any atom is -0.481 e. The number of piperazine rings is 1. The monoisotopic (exact) mass is 624 g/mol. The molecule has 4 heterocycles. The van der Waals surface area contributed by atoms with E-state index in [1.54, 1.807) is 0 Å². The smallest absolute Gasteiger partial charge is 0.322 e. The molecule has 0 bridgehead atoms. The second-order valence-electron chi connectivity index (χ2n) is 10.9. The van der Waals surface area contributed by atoms with Gasteiger partial charge in [0.05, 0.1) is 18.5 Å². The van der Waals surface area contributed by atoms with Gasteiger partial charge in [-0.1, -0.05) is 48.5 Å². The van der Waals surface area contributed by atoms with Crippen molar-refractivity contribution < 1.29 is 22.6 Å². The number of nitriles is 1. The van der Waals surface area contributed by atoms with E-state index in [4.69, 9.17) is 30.8 Å². The largest absolute Gasteiger partial charge is 0.481 e. The number of halogens is 1. The number of hydrogen-bond donors (Lipinski definition) is 0. The molecule has 0 saturated carbocycles. The molecule has 2 fully saturated rings. The lowest BCUT2D eigenvalue weighted by molar-refractivity contribution is 0.0830. The second-order valence-corrected chi connectivity index (χ2v) is 13.2. The SMILES string of the molecule is C=CS(=O)(=O)N1CCN(c2nc(OCC3CCCN3C)nc3c2OCC(c2cccc4cccc(Cl)c24)O3)CC1CC#N. The van der Waals surface area contributed by atoms with Crippen LogP contribution in [0.3, 0.4) is 0 Å². The predicted molar refractivity (Wildman–Crippen MR) is 163 cm³/mol. The molecule has 11 nitrogen and oxygen atoms in total. The van der Waals surface area contributed by atoms with Crippen LogP contribution in [0.25, 0.3) is 10.8 Å². The lowest BCUT2D eigenvalue weighted by atomic mass is 10.00. The lowest BCUT2D eigenvalue weighted by Gasteiger charge is -2.40. The van der Waals surface area contributed by atoms with Crippen LogP contribution in [0.4, 0.5) is 5.82 Å². The summed E-state index contributed by atoms with van der Waals surface area (Å²) in [6.07, 6.45) is 1.64. The summed E-state index contributed by atoms with van der Waals surface area (Å²) in [7, 11) is -1.64. The van der Waals surface area contributed by atoms with Crippen LogP contribution < -0.4 is 19.1 Å². The second kappa shape index (κ2) is 12.2. The Balaban J connectivity index is 1.35. The molecule has 3 unspecified atom stereocenters. The Kier molecular flexibility index (Phi) is 8.33. The maximum absolute atomic E-state index is 12.7. The van der Waals surface area contributed by atoms with Gasteiger partial charge in [0, 0.05) is 47.1 Å². The number of fused-ring (bicyclic) bond motifs is 2. The quantitative estimate of drug-likeness (QED) is 0.361. The summed E-state index contributed by atoms with van der Waals surface area (Å²) in [6.45, 7) is 5.76. The first-order valence-corrected chi connectivity index (χ1v) is 16.1. The van der Waals surface area contributed by atoms with Crippen LogP contribution in [0.15, 0.2) is 48.4 Å². The summed E-state index contributed by atoms with van der Waals surface area (Å²) in [4.78, 5) is 13.5. The van der Waals surface area contributed by atoms with Crippen molar-refractivity contribution in [2.75, 3.05) is 51.3 Å². The van der Waals surface area contributed by atoms with Gasteiger partial charge in [-0.05, 0) is 37.9 Å². The molecule has 6 rings (SSSR count). The third-order valence-electron chi connectivity index (χ3n) is 8.33. The molecular formula is C30H33ClN6O5S. The van der Waals surface area contributed by atoms with Crippen molar-refractivity contribution in [3.05, 3.63) is 59.0 Å². The van der Waals surface area contributed by atoms with E-state index in [0.29, 0.717) is 29.7 Å². The highest BCUT2D eigenvalue weighted by Crippen LogP contribution is 2.44. The molecule has 3 aliphatic heterocycles. The molecule has 3 aliphatic rings. The van der Waals surface area contributed by atoms with Crippen molar-refractivity contribution in [1.82, 2.24) is 19.2 Å². The predicted octanol–water partition coefficient (Wildman–Crippen LogP) is 4.15. The number of sulfonamides is 1. The summed E-state index contributed by atoms with van der Waals surface area (Å²) in [5.41, 5.74) is 0.876. The first-order chi connectivity index (χ1) is 20.8. The zero-order valence-corrected chi connectivity index (χ0v) is 25.4. The van der Waals surface area contributed by atoms with Gasteiger partial charge in [-0.2, -0.15) is 19.5 Å². The topological polar surface area (TPSA) is 121 Å². The molecule has 0 spiro atoms. The van der Waals surface area contributed by atoms with Crippen LogP contribution in [-0.4, -0.2) is 86.1 Å². The van der Waals surface area contributed by atoms with Gasteiger partial charge in [-0.15, -0.1) is 0 Å². The summed E-state index contributed by atoms with van der Waals surface area (Å²) in [5.74, 6) is 1.02. The van der Waals surface area contributed by atoms with Gasteiger partial charge >= 0.3 is 6.01 Å². The number of likely N-dealkylation sites (N-methyl/N-ethyl adjacent to an activating group) is 1. The molecule has 3 atom stereocenters. The highest BCUT2D eigenvalue weighted by Gasteiger charge is 2.38. The summed E-state index contributed by atoms with van der Waals surface area (Å²) >= 11 is 6.61. The van der Waals surface area contributed by atoms with Crippen LogP contribution in [0, 0.1) is 11.3 Å². The third-order valence-corrected chi connectivity index (χ3v) is 10.2. The summed E-state index contributed by atoms with van der Waals surface area (Å²) < 4.78 is 45.6. The Labute approximate surface area is 256 Å². The lowest BCUT2D eigenvalue weighted by Crippen LogP contribution is -2.55. The highest BCUT2D eigenvalue weighted by atomic mass is 35.5. The van der Waals surface area contributed by atoms with Crippen molar-refractivity contribution in [1.29, 1.82) is 5.26 Å². The molecule has 0 N–H and O–H groups in total. The van der Waals surface area contributed by atoms with Gasteiger partial charge in [-0.3, -0.25) is 0 Å². The molecule has 43 heavy (non-hydrogen) atoms. The van der Waals surface area contributed by atoms with Crippen molar-refractivity contribution in [2.24, 2.45) is 0 Å². The van der Waals surface area contributed by atoms with Crippen LogP contribution in [0.2, 0.25) is 5.02 Å². The number of aromatic nitrogens is 2. The Morgan fingerprint density at radius 1 is 1.19 bits per heavy atom. The average Bonchev–Trinajstić information content (AvgIpc) is 3.43. The van der Waals surface area contributed by atoms with E-state index in [2.05, 4.69) is 29.6 Å². The van der Waals surface area contributed by atoms with E-state index >= 15 is 0 Å². The van der Waals surface area contributed by atoms with E-state index in [1.165, 1.54) is 4.31 Å². The number of ether oxygens (including phenoxy) is 3.